The van der Waals surface area contributed by atoms with Crippen LogP contribution in [0.1, 0.15) is 69.4 Å². The summed E-state index contributed by atoms with van der Waals surface area (Å²) >= 11 is 0. The molecular formula is C29H38N2O8. The molecule has 1 aromatic carbocycles. The van der Waals surface area contributed by atoms with E-state index >= 15 is 0 Å². The molecule has 3 rings (SSSR count). The lowest BCUT2D eigenvalue weighted by atomic mass is 9.86. The number of aliphatic hydroxyl groups is 1. The van der Waals surface area contributed by atoms with Crippen molar-refractivity contribution in [1.29, 1.82) is 0 Å². The summed E-state index contributed by atoms with van der Waals surface area (Å²) in [4.78, 5) is 37.3. The molecule has 1 saturated carbocycles. The number of fused-ring (bicyclic) bond motifs is 3. The van der Waals surface area contributed by atoms with E-state index in [-0.39, 0.29) is 56.5 Å². The van der Waals surface area contributed by atoms with Crippen molar-refractivity contribution in [2.45, 2.75) is 76.9 Å². The van der Waals surface area contributed by atoms with Crippen LogP contribution in [-0.2, 0) is 20.8 Å². The van der Waals surface area contributed by atoms with Gasteiger partial charge in [0, 0.05) is 30.2 Å². The van der Waals surface area contributed by atoms with E-state index in [1.807, 2.05) is 25.1 Å². The number of carbonyl (C=O) groups is 1. The van der Waals surface area contributed by atoms with Gasteiger partial charge in [-0.05, 0) is 56.4 Å². The number of aryl methyl sites for hydroxylation is 1. The van der Waals surface area contributed by atoms with Crippen LogP contribution in [-0.4, -0.2) is 48.1 Å². The first-order valence-electron chi connectivity index (χ1n) is 13.6. The number of aliphatic hydroxyl groups excluding tert-OH is 1. The van der Waals surface area contributed by atoms with Crippen molar-refractivity contribution in [2.24, 2.45) is 22.9 Å². The molecule has 1 aromatic rings. The van der Waals surface area contributed by atoms with Gasteiger partial charge in [0.2, 0.25) is 0 Å². The summed E-state index contributed by atoms with van der Waals surface area (Å²) in [7, 11) is 0. The zero-order valence-corrected chi connectivity index (χ0v) is 22.6. The van der Waals surface area contributed by atoms with Gasteiger partial charge in [0.15, 0.2) is 0 Å². The van der Waals surface area contributed by atoms with Gasteiger partial charge in [0.25, 0.3) is 5.09 Å². The van der Waals surface area contributed by atoms with Crippen LogP contribution in [0.5, 0.6) is 5.75 Å². The van der Waals surface area contributed by atoms with Crippen LogP contribution in [0.4, 0.5) is 0 Å². The average molecular weight is 543 g/mol. The summed E-state index contributed by atoms with van der Waals surface area (Å²) in [6.07, 6.45) is 8.02. The SMILES string of the molecule is CC#CCC(C)C(O)/C=C/C1CCC2Oc3c(CCCC(=O)OCCC(CN=O)CO[N+](=O)[O-])cccc3C12. The number of esters is 1. The molecule has 0 amide bonds. The van der Waals surface area contributed by atoms with Gasteiger partial charge in [0.1, 0.15) is 18.5 Å². The highest BCUT2D eigenvalue weighted by Gasteiger charge is 2.44. The van der Waals surface area contributed by atoms with Crippen LogP contribution in [0.25, 0.3) is 0 Å². The molecule has 0 spiro atoms. The number of allylic oxidation sites excluding steroid dienone is 1. The largest absolute Gasteiger partial charge is 0.489 e. The van der Waals surface area contributed by atoms with Gasteiger partial charge in [-0.1, -0.05) is 42.5 Å². The van der Waals surface area contributed by atoms with Crippen LogP contribution in [0.3, 0.4) is 0 Å². The Morgan fingerprint density at radius 3 is 2.95 bits per heavy atom. The maximum absolute atomic E-state index is 12.2. The quantitative estimate of drug-likeness (QED) is 0.0788. The number of nitroso groups, excluding NO2 is 1. The number of hydrogen-bond acceptors (Lipinski definition) is 9. The van der Waals surface area contributed by atoms with Gasteiger partial charge >= 0.3 is 5.97 Å². The Morgan fingerprint density at radius 1 is 1.38 bits per heavy atom. The van der Waals surface area contributed by atoms with E-state index in [4.69, 9.17) is 9.47 Å². The Labute approximate surface area is 229 Å². The summed E-state index contributed by atoms with van der Waals surface area (Å²) in [5, 5.41) is 22.7. The number of para-hydroxylation sites is 1. The second kappa shape index (κ2) is 15.2. The molecule has 10 nitrogen and oxygen atoms in total. The van der Waals surface area contributed by atoms with Crippen LogP contribution in [0, 0.1) is 44.6 Å². The van der Waals surface area contributed by atoms with Crippen molar-refractivity contribution < 1.29 is 29.3 Å². The van der Waals surface area contributed by atoms with Crippen molar-refractivity contribution in [3.63, 3.8) is 0 Å². The van der Waals surface area contributed by atoms with E-state index in [0.29, 0.717) is 25.2 Å². The molecule has 6 atom stereocenters. The number of rotatable bonds is 16. The first-order chi connectivity index (χ1) is 18.8. The Bertz CT molecular complexity index is 1080. The van der Waals surface area contributed by atoms with Crippen molar-refractivity contribution in [2.75, 3.05) is 19.8 Å². The minimum absolute atomic E-state index is 0.0433. The summed E-state index contributed by atoms with van der Waals surface area (Å²) in [5.74, 6) is 6.62. The fourth-order valence-corrected chi connectivity index (χ4v) is 5.29. The third-order valence-corrected chi connectivity index (χ3v) is 7.51. The van der Waals surface area contributed by atoms with Gasteiger partial charge < -0.3 is 19.4 Å². The standard InChI is InChI=1S/C29H38N2O8/c1-3-4-7-20(2)25(32)14-12-22-13-15-26-28(22)24-10-5-8-23(29(24)39-26)9-6-11-27(33)37-17-16-21(18-30-34)19-38-31(35)36/h5,8,10,12,14,20-22,25-26,28,32H,6-7,9,11,13,15-19H2,1-2H3/b14-12+. The van der Waals surface area contributed by atoms with E-state index < -0.39 is 17.1 Å². The number of ether oxygens (including phenoxy) is 2. The number of carbonyl (C=O) groups excluding carboxylic acids is 1. The molecule has 2 aliphatic rings. The minimum atomic E-state index is -0.922. The van der Waals surface area contributed by atoms with Gasteiger partial charge in [0.05, 0.1) is 19.3 Å². The third-order valence-electron chi connectivity index (χ3n) is 7.51. The number of benzene rings is 1. The third kappa shape index (κ3) is 8.79. The molecule has 1 aliphatic heterocycles. The lowest BCUT2D eigenvalue weighted by Crippen LogP contribution is -2.18. The predicted octanol–water partition coefficient (Wildman–Crippen LogP) is 4.75. The van der Waals surface area contributed by atoms with Gasteiger partial charge in [-0.2, -0.15) is 4.91 Å². The molecule has 10 heteroatoms. The molecule has 0 bridgehead atoms. The van der Waals surface area contributed by atoms with Gasteiger partial charge in [-0.25, -0.2) is 0 Å². The maximum Gasteiger partial charge on any atom is 0.305 e. The average Bonchev–Trinajstić information content (AvgIpc) is 3.49. The Hall–Kier alpha value is -3.45. The monoisotopic (exact) mass is 542 g/mol. The molecule has 1 N–H and O–H groups in total. The van der Waals surface area contributed by atoms with Crippen molar-refractivity contribution in [1.82, 2.24) is 0 Å². The molecule has 212 valence electrons. The van der Waals surface area contributed by atoms with E-state index in [9.17, 15) is 24.9 Å². The normalized spacial score (nSPS) is 21.6. The minimum Gasteiger partial charge on any atom is -0.489 e. The Morgan fingerprint density at radius 2 is 2.21 bits per heavy atom. The number of nitrogens with zero attached hydrogens (tertiary/aromatic N) is 2. The molecule has 0 radical (unpaired) electrons. The Kier molecular flexibility index (Phi) is 11.7. The lowest BCUT2D eigenvalue weighted by Gasteiger charge is -2.17. The van der Waals surface area contributed by atoms with Crippen LogP contribution >= 0.6 is 0 Å². The predicted molar refractivity (Wildman–Crippen MR) is 144 cm³/mol. The van der Waals surface area contributed by atoms with Crippen LogP contribution < -0.4 is 4.74 Å². The molecule has 0 saturated heterocycles. The van der Waals surface area contributed by atoms with Gasteiger partial charge in [-0.15, -0.1) is 22.0 Å². The molecular weight excluding hydrogens is 504 g/mol. The highest BCUT2D eigenvalue weighted by Crippen LogP contribution is 2.52. The van der Waals surface area contributed by atoms with Crippen molar-refractivity contribution in [3.8, 4) is 17.6 Å². The van der Waals surface area contributed by atoms with Crippen molar-refractivity contribution in [3.05, 3.63) is 56.5 Å². The highest BCUT2D eigenvalue weighted by molar-refractivity contribution is 5.69. The fourth-order valence-electron chi connectivity index (χ4n) is 5.29. The fraction of sp³-hybridized carbons (Fsp3) is 0.621. The van der Waals surface area contributed by atoms with E-state index in [0.717, 1.165) is 24.2 Å². The second-order valence-corrected chi connectivity index (χ2v) is 10.3. The first kappa shape index (κ1) is 30.1. The topological polar surface area (TPSA) is 138 Å². The van der Waals surface area contributed by atoms with Crippen LogP contribution in [0.2, 0.25) is 0 Å². The summed E-state index contributed by atoms with van der Waals surface area (Å²) < 4.78 is 11.6. The number of hydrogen-bond donors (Lipinski definition) is 1. The summed E-state index contributed by atoms with van der Waals surface area (Å²) in [5.41, 5.74) is 2.26. The zero-order valence-electron chi connectivity index (χ0n) is 22.6. The van der Waals surface area contributed by atoms with Gasteiger partial charge in [-0.3, -0.25) is 4.79 Å². The highest BCUT2D eigenvalue weighted by atomic mass is 16.9. The van der Waals surface area contributed by atoms with Crippen LogP contribution in [0.15, 0.2) is 35.5 Å². The van der Waals surface area contributed by atoms with Crippen molar-refractivity contribution >= 4 is 5.97 Å². The second-order valence-electron chi connectivity index (χ2n) is 10.3. The Balaban J connectivity index is 1.49. The molecule has 1 heterocycles. The lowest BCUT2D eigenvalue weighted by molar-refractivity contribution is -0.759. The van der Waals surface area contributed by atoms with E-state index in [2.05, 4.69) is 34.0 Å². The van der Waals surface area contributed by atoms with E-state index in [1.165, 1.54) is 5.56 Å². The molecule has 39 heavy (non-hydrogen) atoms. The molecule has 1 fully saturated rings. The smallest absolute Gasteiger partial charge is 0.305 e. The summed E-state index contributed by atoms with van der Waals surface area (Å²) in [6, 6.07) is 6.18. The van der Waals surface area contributed by atoms with E-state index in [1.54, 1.807) is 6.92 Å². The summed E-state index contributed by atoms with van der Waals surface area (Å²) in [6.45, 7) is 3.45. The zero-order chi connectivity index (χ0) is 28.2. The molecule has 6 unspecified atom stereocenters. The maximum atomic E-state index is 12.2. The molecule has 1 aliphatic carbocycles. The first-order valence-corrected chi connectivity index (χ1v) is 13.6. The molecule has 0 aromatic heterocycles.